The molecule has 0 radical (unpaired) electrons. The molecule has 0 spiro atoms. The first kappa shape index (κ1) is 15.1. The van der Waals surface area contributed by atoms with Crippen molar-refractivity contribution in [3.05, 3.63) is 42.1 Å². The molecule has 5 heteroatoms. The number of nitrogens with one attached hydrogen (secondary N) is 1. The second-order valence-corrected chi connectivity index (χ2v) is 5.19. The third-order valence-electron chi connectivity index (χ3n) is 3.29. The van der Waals surface area contributed by atoms with Crippen LogP contribution in [0.5, 0.6) is 0 Å². The average Bonchev–Trinajstić information content (AvgIpc) is 2.47. The van der Waals surface area contributed by atoms with Crippen LogP contribution in [0, 0.1) is 5.92 Å². The Bertz CT molecular complexity index is 552. The van der Waals surface area contributed by atoms with Gasteiger partial charge in [-0.25, -0.2) is 4.79 Å². The second-order valence-electron chi connectivity index (χ2n) is 5.19. The Morgan fingerprint density at radius 2 is 2.00 bits per heavy atom. The van der Waals surface area contributed by atoms with E-state index in [1.54, 1.807) is 13.1 Å². The molecule has 1 aliphatic heterocycles. The maximum absolute atomic E-state index is 12.3. The van der Waals surface area contributed by atoms with Crippen molar-refractivity contribution in [2.75, 3.05) is 6.61 Å². The molecule has 112 valence electrons. The largest absolute Gasteiger partial charge is 0.449 e. The third kappa shape index (κ3) is 3.24. The van der Waals surface area contributed by atoms with E-state index < -0.39 is 12.1 Å². The molecule has 1 aromatic rings. The number of nitrogens with zero attached hydrogens (tertiary/aromatic N) is 1. The van der Waals surface area contributed by atoms with Crippen molar-refractivity contribution in [1.82, 2.24) is 10.2 Å². The summed E-state index contributed by atoms with van der Waals surface area (Å²) in [5.74, 6) is -0.206. The Kier molecular flexibility index (Phi) is 4.62. The van der Waals surface area contributed by atoms with E-state index in [0.29, 0.717) is 5.70 Å². The fourth-order valence-electron chi connectivity index (χ4n) is 2.34. The summed E-state index contributed by atoms with van der Waals surface area (Å²) in [4.78, 5) is 25.8. The third-order valence-corrected chi connectivity index (χ3v) is 3.29. The van der Waals surface area contributed by atoms with Crippen LogP contribution in [0.4, 0.5) is 4.79 Å². The van der Waals surface area contributed by atoms with Crippen LogP contribution in [0.3, 0.4) is 0 Å². The van der Waals surface area contributed by atoms with E-state index in [0.717, 1.165) is 5.56 Å². The maximum Gasteiger partial charge on any atom is 0.414 e. The van der Waals surface area contributed by atoms with Gasteiger partial charge in [-0.05, 0) is 18.4 Å². The first-order chi connectivity index (χ1) is 10.0. The second kappa shape index (κ2) is 6.43. The highest BCUT2D eigenvalue weighted by Gasteiger charge is 2.36. The van der Waals surface area contributed by atoms with Gasteiger partial charge in [0, 0.05) is 6.20 Å². The summed E-state index contributed by atoms with van der Waals surface area (Å²) in [6, 6.07) is 8.86. The lowest BCUT2D eigenvalue weighted by atomic mass is 9.99. The molecule has 1 atom stereocenters. The van der Waals surface area contributed by atoms with E-state index in [1.807, 2.05) is 44.2 Å². The van der Waals surface area contributed by atoms with Crippen LogP contribution in [-0.4, -0.2) is 29.5 Å². The zero-order valence-corrected chi connectivity index (χ0v) is 12.5. The Balaban J connectivity index is 2.38. The van der Waals surface area contributed by atoms with E-state index in [2.05, 4.69) is 5.32 Å². The van der Waals surface area contributed by atoms with E-state index in [9.17, 15) is 9.59 Å². The first-order valence-corrected chi connectivity index (χ1v) is 7.07. The van der Waals surface area contributed by atoms with Gasteiger partial charge in [0.25, 0.3) is 0 Å². The molecule has 0 aliphatic carbocycles. The van der Waals surface area contributed by atoms with Crippen LogP contribution in [-0.2, 0) is 9.53 Å². The van der Waals surface area contributed by atoms with Gasteiger partial charge in [0.15, 0.2) is 0 Å². The van der Waals surface area contributed by atoms with Crippen molar-refractivity contribution in [3.63, 3.8) is 0 Å². The lowest BCUT2D eigenvalue weighted by Crippen LogP contribution is -2.53. The van der Waals surface area contributed by atoms with E-state index in [-0.39, 0.29) is 18.4 Å². The lowest BCUT2D eigenvalue weighted by molar-refractivity contribution is -0.126. The van der Waals surface area contributed by atoms with E-state index >= 15 is 0 Å². The van der Waals surface area contributed by atoms with Gasteiger partial charge in [0.05, 0.1) is 12.3 Å². The van der Waals surface area contributed by atoms with Gasteiger partial charge in [0.1, 0.15) is 6.04 Å². The van der Waals surface area contributed by atoms with Gasteiger partial charge in [-0.3, -0.25) is 9.69 Å². The first-order valence-electron chi connectivity index (χ1n) is 7.07. The molecule has 0 aromatic heterocycles. The molecule has 5 nitrogen and oxygen atoms in total. The Morgan fingerprint density at radius 3 is 2.57 bits per heavy atom. The lowest BCUT2D eigenvalue weighted by Gasteiger charge is -2.34. The number of rotatable bonds is 3. The van der Waals surface area contributed by atoms with Gasteiger partial charge in [0.2, 0.25) is 5.91 Å². The van der Waals surface area contributed by atoms with Gasteiger partial charge in [-0.2, -0.15) is 0 Å². The molecule has 1 heterocycles. The van der Waals surface area contributed by atoms with Crippen molar-refractivity contribution in [2.24, 2.45) is 5.92 Å². The summed E-state index contributed by atoms with van der Waals surface area (Å²) >= 11 is 0. The molecular weight excluding hydrogens is 268 g/mol. The zero-order chi connectivity index (χ0) is 15.4. The molecule has 2 amide bonds. The molecule has 0 unspecified atom stereocenters. The highest BCUT2D eigenvalue weighted by molar-refractivity contribution is 5.96. The summed E-state index contributed by atoms with van der Waals surface area (Å²) in [6.07, 6.45) is 1.15. The molecule has 21 heavy (non-hydrogen) atoms. The Labute approximate surface area is 124 Å². The number of carbonyl (C=O) groups excluding carboxylic acids is 2. The van der Waals surface area contributed by atoms with Gasteiger partial charge < -0.3 is 10.1 Å². The maximum atomic E-state index is 12.3. The van der Waals surface area contributed by atoms with Crippen LogP contribution in [0.25, 0.3) is 5.70 Å². The Hall–Kier alpha value is -2.30. The highest BCUT2D eigenvalue weighted by atomic mass is 16.6. The van der Waals surface area contributed by atoms with Crippen molar-refractivity contribution >= 4 is 17.7 Å². The molecule has 1 aliphatic rings. The predicted octanol–water partition coefficient (Wildman–Crippen LogP) is 2.60. The van der Waals surface area contributed by atoms with E-state index in [1.165, 1.54) is 4.90 Å². The van der Waals surface area contributed by atoms with Crippen LogP contribution in [0.15, 0.2) is 36.5 Å². The topological polar surface area (TPSA) is 58.6 Å². The molecule has 1 aromatic carbocycles. The zero-order valence-electron chi connectivity index (χ0n) is 12.5. The van der Waals surface area contributed by atoms with Crippen molar-refractivity contribution < 1.29 is 14.3 Å². The number of hydrogen-bond donors (Lipinski definition) is 1. The molecular formula is C16H20N2O3. The quantitative estimate of drug-likeness (QED) is 0.930. The molecule has 0 bridgehead atoms. The average molecular weight is 288 g/mol. The SMILES string of the molecule is CCOC(=O)N1C=C(c2ccccc2)NC(=O)[C@@H]1C(C)C. The van der Waals surface area contributed by atoms with Crippen LogP contribution in [0.1, 0.15) is 26.3 Å². The fourth-order valence-corrected chi connectivity index (χ4v) is 2.34. The molecule has 0 saturated carbocycles. The summed E-state index contributed by atoms with van der Waals surface area (Å²) in [6.45, 7) is 5.82. The fraction of sp³-hybridized carbons (Fsp3) is 0.375. The molecule has 1 N–H and O–H groups in total. The minimum atomic E-state index is -0.559. The van der Waals surface area contributed by atoms with Gasteiger partial charge >= 0.3 is 6.09 Å². The van der Waals surface area contributed by atoms with Crippen molar-refractivity contribution in [3.8, 4) is 0 Å². The number of hydrogen-bond acceptors (Lipinski definition) is 3. The van der Waals surface area contributed by atoms with Crippen molar-refractivity contribution in [2.45, 2.75) is 26.8 Å². The Morgan fingerprint density at radius 1 is 1.33 bits per heavy atom. The van der Waals surface area contributed by atoms with Gasteiger partial charge in [-0.15, -0.1) is 0 Å². The standard InChI is InChI=1S/C16H20N2O3/c1-4-21-16(20)18-10-13(12-8-6-5-7-9-12)17-15(19)14(18)11(2)3/h5-11,14H,4H2,1-3H3,(H,17,19)/t14-/m0/s1. The molecule has 2 rings (SSSR count). The van der Waals surface area contributed by atoms with E-state index in [4.69, 9.17) is 4.74 Å². The molecule has 0 saturated heterocycles. The smallest absolute Gasteiger partial charge is 0.414 e. The summed E-state index contributed by atoms with van der Waals surface area (Å²) < 4.78 is 5.06. The summed E-state index contributed by atoms with van der Waals surface area (Å²) in [7, 11) is 0. The minimum Gasteiger partial charge on any atom is -0.449 e. The normalized spacial score (nSPS) is 18.3. The minimum absolute atomic E-state index is 0.0111. The number of carbonyl (C=O) groups is 2. The van der Waals surface area contributed by atoms with Crippen LogP contribution < -0.4 is 5.32 Å². The highest BCUT2D eigenvalue weighted by Crippen LogP contribution is 2.23. The van der Waals surface area contributed by atoms with Crippen molar-refractivity contribution in [1.29, 1.82) is 0 Å². The summed E-state index contributed by atoms with van der Waals surface area (Å²) in [5.41, 5.74) is 1.45. The number of ether oxygens (including phenoxy) is 1. The molecule has 0 fully saturated rings. The van der Waals surface area contributed by atoms with Crippen LogP contribution >= 0.6 is 0 Å². The van der Waals surface area contributed by atoms with Crippen LogP contribution in [0.2, 0.25) is 0 Å². The number of benzene rings is 1. The van der Waals surface area contributed by atoms with Gasteiger partial charge in [-0.1, -0.05) is 44.2 Å². The number of amides is 2. The summed E-state index contributed by atoms with van der Waals surface area (Å²) in [5, 5.41) is 2.86. The predicted molar refractivity (Wildman–Crippen MR) is 80.0 cm³/mol. The monoisotopic (exact) mass is 288 g/mol.